The van der Waals surface area contributed by atoms with Gasteiger partial charge >= 0.3 is 0 Å². The van der Waals surface area contributed by atoms with Gasteiger partial charge in [0.25, 0.3) is 5.91 Å². The van der Waals surface area contributed by atoms with E-state index in [9.17, 15) is 9.59 Å². The highest BCUT2D eigenvalue weighted by Crippen LogP contribution is 2.38. The lowest BCUT2D eigenvalue weighted by Gasteiger charge is -2.41. The summed E-state index contributed by atoms with van der Waals surface area (Å²) in [4.78, 5) is 28.7. The van der Waals surface area contributed by atoms with E-state index in [0.29, 0.717) is 38.2 Å². The van der Waals surface area contributed by atoms with Crippen LogP contribution in [0.4, 0.5) is 0 Å². The first-order valence-corrected chi connectivity index (χ1v) is 13.3. The molecule has 1 aliphatic carbocycles. The number of aryl methyl sites for hydroxylation is 2. The summed E-state index contributed by atoms with van der Waals surface area (Å²) in [5.41, 5.74) is 2.29. The number of likely N-dealkylation sites (tertiary alicyclic amines) is 1. The molecule has 1 N–H and O–H groups in total. The van der Waals surface area contributed by atoms with Crippen LogP contribution in [0.5, 0.6) is 5.75 Å². The second kappa shape index (κ2) is 10.4. The standard InChI is InChI=1S/C28H37N3O4/c1-20-19-34-23-12-6-5-9-21(23)10-7-8-14-28(27(33)29-20)15-17-31(18-16-28)26(32)25-22-11-3-2-4-13-24(22)35-30-25/h5-6,9,12,20H,2-4,7-8,10-11,13-19H2,1H3,(H,29,33)/t20-/m0/s1. The third-order valence-electron chi connectivity index (χ3n) is 8.08. The number of hydrogen-bond acceptors (Lipinski definition) is 5. The highest BCUT2D eigenvalue weighted by atomic mass is 16.5. The van der Waals surface area contributed by atoms with Crippen molar-refractivity contribution in [3.8, 4) is 5.75 Å². The molecular weight excluding hydrogens is 442 g/mol. The molecule has 0 bridgehead atoms. The minimum absolute atomic E-state index is 0.0429. The number of nitrogens with one attached hydrogen (secondary N) is 1. The van der Waals surface area contributed by atoms with Gasteiger partial charge in [-0.15, -0.1) is 0 Å². The van der Waals surface area contributed by atoms with E-state index in [-0.39, 0.29) is 17.9 Å². The summed E-state index contributed by atoms with van der Waals surface area (Å²) in [7, 11) is 0. The van der Waals surface area contributed by atoms with E-state index in [2.05, 4.69) is 22.6 Å². The van der Waals surface area contributed by atoms with Gasteiger partial charge in [0.15, 0.2) is 5.69 Å². The van der Waals surface area contributed by atoms with E-state index >= 15 is 0 Å². The lowest BCUT2D eigenvalue weighted by Crippen LogP contribution is -2.52. The molecule has 0 unspecified atom stereocenters. The van der Waals surface area contributed by atoms with Crippen molar-refractivity contribution in [1.29, 1.82) is 0 Å². The first kappa shape index (κ1) is 23.9. The maximum absolute atomic E-state index is 13.5. The van der Waals surface area contributed by atoms with Crippen molar-refractivity contribution >= 4 is 11.8 Å². The molecule has 1 spiro atoms. The summed E-state index contributed by atoms with van der Waals surface area (Å²) in [6, 6.07) is 8.11. The van der Waals surface area contributed by atoms with Gasteiger partial charge in [-0.2, -0.15) is 0 Å². The molecule has 3 heterocycles. The Morgan fingerprint density at radius 3 is 2.66 bits per heavy atom. The molecule has 1 aromatic heterocycles. The molecule has 2 aromatic rings. The predicted molar refractivity (Wildman–Crippen MR) is 132 cm³/mol. The normalized spacial score (nSPS) is 23.1. The number of carbonyl (C=O) groups excluding carboxylic acids is 2. The Balaban J connectivity index is 1.27. The molecular formula is C28H37N3O4. The Morgan fingerprint density at radius 1 is 1.03 bits per heavy atom. The zero-order chi connectivity index (χ0) is 24.3. The van der Waals surface area contributed by atoms with Gasteiger partial charge in [-0.05, 0) is 69.9 Å². The fourth-order valence-corrected chi connectivity index (χ4v) is 5.87. The summed E-state index contributed by atoms with van der Waals surface area (Å²) >= 11 is 0. The molecule has 1 aromatic carbocycles. The summed E-state index contributed by atoms with van der Waals surface area (Å²) < 4.78 is 11.6. The molecule has 0 radical (unpaired) electrons. The minimum atomic E-state index is -0.440. The molecule has 188 valence electrons. The van der Waals surface area contributed by atoms with Crippen molar-refractivity contribution in [2.24, 2.45) is 5.41 Å². The molecule has 1 fully saturated rings. The van der Waals surface area contributed by atoms with Gasteiger partial charge in [-0.1, -0.05) is 36.2 Å². The third kappa shape index (κ3) is 5.09. The second-order valence-electron chi connectivity index (χ2n) is 10.6. The van der Waals surface area contributed by atoms with E-state index in [0.717, 1.165) is 74.9 Å². The lowest BCUT2D eigenvalue weighted by atomic mass is 9.73. The van der Waals surface area contributed by atoms with Gasteiger partial charge in [0, 0.05) is 25.1 Å². The van der Waals surface area contributed by atoms with Crippen LogP contribution in [0.25, 0.3) is 0 Å². The second-order valence-corrected chi connectivity index (χ2v) is 10.6. The van der Waals surface area contributed by atoms with Gasteiger partial charge < -0.3 is 19.5 Å². The number of aromatic nitrogens is 1. The SMILES string of the molecule is C[C@H]1COc2ccccc2CCCCC2(CCN(C(=O)c3noc4c3CCCCC4)CC2)C(=O)N1. The van der Waals surface area contributed by atoms with Crippen molar-refractivity contribution in [3.63, 3.8) is 0 Å². The fourth-order valence-electron chi connectivity index (χ4n) is 5.87. The van der Waals surface area contributed by atoms with E-state index in [4.69, 9.17) is 9.26 Å². The van der Waals surface area contributed by atoms with E-state index in [1.807, 2.05) is 24.0 Å². The van der Waals surface area contributed by atoms with Crippen molar-refractivity contribution in [1.82, 2.24) is 15.4 Å². The molecule has 7 nitrogen and oxygen atoms in total. The predicted octanol–water partition coefficient (Wildman–Crippen LogP) is 4.48. The van der Waals surface area contributed by atoms with Gasteiger partial charge in [0.1, 0.15) is 18.1 Å². The molecule has 5 rings (SSSR count). The molecule has 7 heteroatoms. The first-order chi connectivity index (χ1) is 17.1. The zero-order valence-corrected chi connectivity index (χ0v) is 20.8. The summed E-state index contributed by atoms with van der Waals surface area (Å²) in [6.45, 7) is 3.58. The Bertz CT molecular complexity index is 1050. The Morgan fingerprint density at radius 2 is 1.80 bits per heavy atom. The summed E-state index contributed by atoms with van der Waals surface area (Å²) in [5, 5.41) is 7.39. The molecule has 3 aliphatic rings. The highest BCUT2D eigenvalue weighted by Gasteiger charge is 2.43. The molecule has 35 heavy (non-hydrogen) atoms. The van der Waals surface area contributed by atoms with Crippen LogP contribution < -0.4 is 10.1 Å². The molecule has 2 amide bonds. The number of benzene rings is 1. The van der Waals surface area contributed by atoms with Gasteiger partial charge in [0.2, 0.25) is 5.91 Å². The average Bonchev–Trinajstić information content (AvgIpc) is 3.13. The van der Waals surface area contributed by atoms with Crippen LogP contribution in [-0.4, -0.2) is 47.6 Å². The van der Waals surface area contributed by atoms with Crippen molar-refractivity contribution < 1.29 is 18.8 Å². The van der Waals surface area contributed by atoms with Crippen LogP contribution in [0.1, 0.15) is 85.7 Å². The van der Waals surface area contributed by atoms with Crippen molar-refractivity contribution in [2.75, 3.05) is 19.7 Å². The number of para-hydroxylation sites is 1. The smallest absolute Gasteiger partial charge is 0.276 e. The van der Waals surface area contributed by atoms with Gasteiger partial charge in [-0.3, -0.25) is 9.59 Å². The van der Waals surface area contributed by atoms with Crippen LogP contribution in [0.2, 0.25) is 0 Å². The fraction of sp³-hybridized carbons (Fsp3) is 0.607. The number of piperidine rings is 1. The first-order valence-electron chi connectivity index (χ1n) is 13.3. The van der Waals surface area contributed by atoms with Crippen LogP contribution in [0.3, 0.4) is 0 Å². The zero-order valence-electron chi connectivity index (χ0n) is 20.8. The van der Waals surface area contributed by atoms with Crippen molar-refractivity contribution in [3.05, 3.63) is 46.8 Å². The van der Waals surface area contributed by atoms with Crippen LogP contribution in [0.15, 0.2) is 28.8 Å². The topological polar surface area (TPSA) is 84.7 Å². The van der Waals surface area contributed by atoms with Crippen LogP contribution in [0, 0.1) is 5.41 Å². The number of nitrogens with zero attached hydrogens (tertiary/aromatic N) is 2. The Labute approximate surface area is 207 Å². The van der Waals surface area contributed by atoms with Crippen LogP contribution in [-0.2, 0) is 24.1 Å². The average molecular weight is 480 g/mol. The van der Waals surface area contributed by atoms with E-state index in [1.165, 1.54) is 5.56 Å². The number of amides is 2. The quantitative estimate of drug-likeness (QED) is 0.610. The third-order valence-corrected chi connectivity index (χ3v) is 8.08. The molecule has 1 saturated heterocycles. The highest BCUT2D eigenvalue weighted by molar-refractivity contribution is 5.94. The monoisotopic (exact) mass is 479 g/mol. The van der Waals surface area contributed by atoms with Gasteiger partial charge in [-0.25, -0.2) is 0 Å². The number of ether oxygens (including phenoxy) is 1. The van der Waals surface area contributed by atoms with Gasteiger partial charge in [0.05, 0.1) is 11.5 Å². The maximum atomic E-state index is 13.5. The van der Waals surface area contributed by atoms with Crippen molar-refractivity contribution in [2.45, 2.75) is 83.6 Å². The Kier molecular flexibility index (Phi) is 7.12. The maximum Gasteiger partial charge on any atom is 0.276 e. The number of hydrogen-bond donors (Lipinski definition) is 1. The molecule has 0 saturated carbocycles. The minimum Gasteiger partial charge on any atom is -0.491 e. The molecule has 1 atom stereocenters. The Hall–Kier alpha value is -2.83. The lowest BCUT2D eigenvalue weighted by molar-refractivity contribution is -0.135. The summed E-state index contributed by atoms with van der Waals surface area (Å²) in [5.74, 6) is 1.86. The van der Waals surface area contributed by atoms with E-state index in [1.54, 1.807) is 0 Å². The number of fused-ring (bicyclic) bond motifs is 2. The summed E-state index contributed by atoms with van der Waals surface area (Å²) in [6.07, 6.45) is 10.2. The number of carbonyl (C=O) groups is 2. The van der Waals surface area contributed by atoms with E-state index < -0.39 is 5.41 Å². The number of rotatable bonds is 1. The van der Waals surface area contributed by atoms with Crippen LogP contribution >= 0.6 is 0 Å². The largest absolute Gasteiger partial charge is 0.491 e. The molecule has 2 aliphatic heterocycles.